The number of amides is 1. The summed E-state index contributed by atoms with van der Waals surface area (Å²) in [7, 11) is -10.2. The van der Waals surface area contributed by atoms with Gasteiger partial charge < -0.3 is 79.3 Å². The fourth-order valence-electron chi connectivity index (χ4n) is 5.46. The summed E-state index contributed by atoms with van der Waals surface area (Å²) in [6.07, 6.45) is -21.4. The van der Waals surface area contributed by atoms with E-state index in [-0.39, 0.29) is 0 Å². The smallest absolute Gasteiger partial charge is 0.394 e. The van der Waals surface area contributed by atoms with Crippen LogP contribution < -0.4 is 16.6 Å². The topological polar surface area (TPSA) is 383 Å². The number of ether oxygens (including phenoxy) is 6. The van der Waals surface area contributed by atoms with Gasteiger partial charge in [0, 0.05) is 26.3 Å². The molecule has 2 unspecified atom stereocenters. The molecule has 1 aromatic rings. The quantitative estimate of drug-likeness (QED) is 0.0420. The van der Waals surface area contributed by atoms with E-state index in [9.17, 15) is 69.0 Å². The number of carbonyl (C=O) groups is 1. The monoisotopic (exact) mass is 813 g/mol. The summed E-state index contributed by atoms with van der Waals surface area (Å²) < 4.78 is 71.6. The Kier molecular flexibility index (Phi) is 15.0. The first-order valence-corrected chi connectivity index (χ1v) is 18.4. The molecule has 26 nitrogen and oxygen atoms in total. The van der Waals surface area contributed by atoms with Crippen LogP contribution in [0.1, 0.15) is 13.2 Å². The van der Waals surface area contributed by atoms with Crippen LogP contribution >= 0.6 is 15.6 Å². The Morgan fingerprint density at radius 2 is 1.51 bits per heavy atom. The summed E-state index contributed by atoms with van der Waals surface area (Å²) in [4.78, 5) is 57.2. The third kappa shape index (κ3) is 10.8. The number of nitrogens with one attached hydrogen (secondary N) is 2. The van der Waals surface area contributed by atoms with Crippen LogP contribution in [0.3, 0.4) is 0 Å². The zero-order valence-electron chi connectivity index (χ0n) is 27.6. The number of aliphatic hydroxyl groups excluding tert-OH is 7. The Labute approximate surface area is 297 Å². The third-order valence-electron chi connectivity index (χ3n) is 8.06. The summed E-state index contributed by atoms with van der Waals surface area (Å²) in [5.41, 5.74) is -1.80. The normalized spacial score (nSPS) is 38.5. The number of hydrogen-bond donors (Lipinski definition) is 11. The van der Waals surface area contributed by atoms with E-state index in [0.29, 0.717) is 4.57 Å². The number of aromatic nitrogens is 2. The number of hydrogen-bond acceptors (Lipinski definition) is 21. The molecule has 1 aromatic heterocycles. The molecule has 3 fully saturated rings. The molecule has 3 aliphatic heterocycles. The van der Waals surface area contributed by atoms with Gasteiger partial charge in [-0.3, -0.25) is 28.2 Å². The lowest BCUT2D eigenvalue weighted by atomic mass is 9.97. The average molecular weight is 814 g/mol. The first-order valence-electron chi connectivity index (χ1n) is 15.4. The molecule has 3 aliphatic rings. The van der Waals surface area contributed by atoms with Crippen LogP contribution in [0.2, 0.25) is 0 Å². The van der Waals surface area contributed by atoms with Gasteiger partial charge >= 0.3 is 21.3 Å². The van der Waals surface area contributed by atoms with Crippen LogP contribution in [0.5, 0.6) is 0 Å². The Bertz CT molecular complexity index is 1600. The van der Waals surface area contributed by atoms with Gasteiger partial charge in [0.1, 0.15) is 73.9 Å². The van der Waals surface area contributed by atoms with E-state index in [1.165, 1.54) is 14.0 Å². The second kappa shape index (κ2) is 18.2. The van der Waals surface area contributed by atoms with Crippen molar-refractivity contribution in [2.24, 2.45) is 0 Å². The maximum absolute atomic E-state index is 12.8. The summed E-state index contributed by atoms with van der Waals surface area (Å²) in [5, 5.41) is 74.4. The number of H-pyrrole nitrogens is 1. The van der Waals surface area contributed by atoms with Gasteiger partial charge in [-0.25, -0.2) is 13.9 Å². The van der Waals surface area contributed by atoms with Crippen molar-refractivity contribution in [3.05, 3.63) is 33.1 Å². The van der Waals surface area contributed by atoms with Crippen LogP contribution in [-0.4, -0.2) is 174 Å². The summed E-state index contributed by atoms with van der Waals surface area (Å²) in [5.74, 6) is -0.546. The lowest BCUT2D eigenvalue weighted by molar-refractivity contribution is -0.307. The van der Waals surface area contributed by atoms with Gasteiger partial charge in [0.2, 0.25) is 5.91 Å². The lowest BCUT2D eigenvalue weighted by Crippen LogP contribution is -2.64. The van der Waals surface area contributed by atoms with Gasteiger partial charge in [0.05, 0.1) is 19.8 Å². The molecule has 16 atom stereocenters. The molecule has 0 radical (unpaired) electrons. The SMILES string of the molecule is CO[C@@H]1O[C@H](COCO[C@H]2[C@@H](OP(=O)(O)OP(=O)(O)OC[C@H]3O[C@@H](n4ccc(=O)[nH]c4=O)[C@H](O)[C@@H]3O)O[C@H](CO)[C@H](O)[C@@H]2O)[C@@H](O)[C@H](O)[C@H]1NC(C)=O. The standard InChI is InChI=1S/C25H41N3O23P2/c1-9(30)26-14-18(35)16(33)11(49-23(14)43-2)6-44-8-45-21-19(36)15(32)10(5-29)48-24(21)50-53(41,42)51-52(39,40)46-7-12-17(34)20(37)22(47-12)28-4-3-13(31)27-25(28)38/h3-4,10-12,14-24,29,32-37H,5-8H2,1-2H3,(H,26,30)(H,39,40)(H,41,42)(H,27,31,38)/t10-,11-,12-,14-,15+,16-,17-,18-,19+,20-,21-,22-,23-,24-/m1/s1. The van der Waals surface area contributed by atoms with E-state index in [2.05, 4.69) is 14.2 Å². The molecule has 53 heavy (non-hydrogen) atoms. The molecule has 4 heterocycles. The first-order chi connectivity index (χ1) is 24.8. The minimum Gasteiger partial charge on any atom is -0.394 e. The first kappa shape index (κ1) is 43.6. The van der Waals surface area contributed by atoms with Gasteiger partial charge in [-0.1, -0.05) is 0 Å². The van der Waals surface area contributed by atoms with Crippen LogP contribution in [0.25, 0.3) is 0 Å². The zero-order chi connectivity index (χ0) is 39.4. The number of aromatic amines is 1. The number of nitrogens with zero attached hydrogens (tertiary/aromatic N) is 1. The van der Waals surface area contributed by atoms with E-state index >= 15 is 0 Å². The van der Waals surface area contributed by atoms with Crippen molar-refractivity contribution in [2.45, 2.75) is 92.8 Å². The molecule has 0 aromatic carbocycles. The Balaban J connectivity index is 1.35. The number of phosphoric ester groups is 2. The van der Waals surface area contributed by atoms with Crippen molar-refractivity contribution in [2.75, 3.05) is 33.7 Å². The molecular formula is C25H41N3O23P2. The molecule has 1 amide bonds. The van der Waals surface area contributed by atoms with Crippen molar-refractivity contribution in [3.63, 3.8) is 0 Å². The van der Waals surface area contributed by atoms with E-state index < -0.39 is 145 Å². The molecule has 0 saturated carbocycles. The second-order valence-electron chi connectivity index (χ2n) is 11.8. The van der Waals surface area contributed by atoms with Crippen molar-refractivity contribution < 1.29 is 101 Å². The van der Waals surface area contributed by atoms with Gasteiger partial charge in [-0.15, -0.1) is 0 Å². The largest absolute Gasteiger partial charge is 0.483 e. The highest BCUT2D eigenvalue weighted by molar-refractivity contribution is 7.61. The maximum Gasteiger partial charge on any atom is 0.483 e. The number of methoxy groups -OCH3 is 1. The Morgan fingerprint density at radius 3 is 2.13 bits per heavy atom. The summed E-state index contributed by atoms with van der Waals surface area (Å²) in [6.45, 7) is -2.26. The summed E-state index contributed by atoms with van der Waals surface area (Å²) in [6, 6.07) is -0.232. The van der Waals surface area contributed by atoms with Crippen molar-refractivity contribution in [1.29, 1.82) is 0 Å². The zero-order valence-corrected chi connectivity index (χ0v) is 29.4. The number of phosphoric acid groups is 2. The van der Waals surface area contributed by atoms with Crippen molar-refractivity contribution in [3.8, 4) is 0 Å². The molecule has 0 bridgehead atoms. The Hall–Kier alpha value is -2.11. The third-order valence-corrected chi connectivity index (χ3v) is 10.7. The van der Waals surface area contributed by atoms with Gasteiger partial charge in [0.15, 0.2) is 18.8 Å². The number of carbonyl (C=O) groups excluding carboxylic acids is 1. The molecule has 4 rings (SSSR count). The highest BCUT2D eigenvalue weighted by Gasteiger charge is 2.51. The highest BCUT2D eigenvalue weighted by atomic mass is 31.3. The van der Waals surface area contributed by atoms with Gasteiger partial charge in [0.25, 0.3) is 5.56 Å². The van der Waals surface area contributed by atoms with Gasteiger partial charge in [-0.05, 0) is 0 Å². The van der Waals surface area contributed by atoms with Crippen LogP contribution in [-0.2, 0) is 55.7 Å². The molecule has 3 saturated heterocycles. The van der Waals surface area contributed by atoms with E-state index in [1.807, 2.05) is 4.98 Å². The number of rotatable bonds is 16. The van der Waals surface area contributed by atoms with Gasteiger partial charge in [-0.2, -0.15) is 4.31 Å². The number of aliphatic hydroxyl groups is 7. The summed E-state index contributed by atoms with van der Waals surface area (Å²) >= 11 is 0. The highest BCUT2D eigenvalue weighted by Crippen LogP contribution is 2.61. The van der Waals surface area contributed by atoms with Crippen LogP contribution in [0.15, 0.2) is 21.9 Å². The Morgan fingerprint density at radius 1 is 0.887 bits per heavy atom. The molecule has 0 aliphatic carbocycles. The fourth-order valence-corrected chi connectivity index (χ4v) is 7.62. The molecule has 304 valence electrons. The van der Waals surface area contributed by atoms with Crippen LogP contribution in [0.4, 0.5) is 0 Å². The molecule has 11 N–H and O–H groups in total. The second-order valence-corrected chi connectivity index (χ2v) is 14.8. The predicted molar refractivity (Wildman–Crippen MR) is 164 cm³/mol. The average Bonchev–Trinajstić information content (AvgIpc) is 3.35. The minimum atomic E-state index is -5.78. The predicted octanol–water partition coefficient (Wildman–Crippen LogP) is -6.20. The van der Waals surface area contributed by atoms with E-state index in [0.717, 1.165) is 12.3 Å². The molecular weight excluding hydrogens is 772 g/mol. The minimum absolute atomic E-state index is 0.521. The molecule has 0 spiro atoms. The van der Waals surface area contributed by atoms with Crippen molar-refractivity contribution >= 4 is 21.6 Å². The van der Waals surface area contributed by atoms with Crippen LogP contribution in [0, 0.1) is 0 Å². The maximum atomic E-state index is 12.8. The lowest BCUT2D eigenvalue weighted by Gasteiger charge is -2.42. The molecule has 28 heteroatoms. The van der Waals surface area contributed by atoms with E-state index in [1.54, 1.807) is 0 Å². The fraction of sp³-hybridized carbons (Fsp3) is 0.800. The van der Waals surface area contributed by atoms with Crippen molar-refractivity contribution in [1.82, 2.24) is 14.9 Å². The van der Waals surface area contributed by atoms with E-state index in [4.69, 9.17) is 32.9 Å².